The Morgan fingerprint density at radius 1 is 1.04 bits per heavy atom. The van der Waals surface area contributed by atoms with Gasteiger partial charge >= 0.3 is 0 Å². The van der Waals surface area contributed by atoms with E-state index in [1.165, 1.54) is 37.7 Å². The van der Waals surface area contributed by atoms with Gasteiger partial charge in [0.1, 0.15) is 5.75 Å². The average Bonchev–Trinajstić information content (AvgIpc) is 2.53. The smallest absolute Gasteiger partial charge is 0.118 e. The van der Waals surface area contributed by atoms with E-state index >= 15 is 0 Å². The van der Waals surface area contributed by atoms with E-state index in [2.05, 4.69) is 26.0 Å². The predicted octanol–water partition coefficient (Wildman–Crippen LogP) is 4.76. The maximum Gasteiger partial charge on any atom is 0.118 e. The van der Waals surface area contributed by atoms with Crippen molar-refractivity contribution in [2.75, 3.05) is 26.9 Å². The van der Waals surface area contributed by atoms with Crippen LogP contribution >= 0.6 is 0 Å². The van der Waals surface area contributed by atoms with Crippen LogP contribution in [0.25, 0.3) is 0 Å². The Kier molecular flexibility index (Phi) is 4.98. The lowest BCUT2D eigenvalue weighted by molar-refractivity contribution is -0.200. The van der Waals surface area contributed by atoms with Gasteiger partial charge in [0.05, 0.1) is 33.0 Å². The highest BCUT2D eigenvalue weighted by Crippen LogP contribution is 2.53. The van der Waals surface area contributed by atoms with Crippen molar-refractivity contribution in [2.45, 2.75) is 52.1 Å². The molecule has 3 heteroatoms. The Bertz CT molecular complexity index is 497. The molecule has 1 aromatic rings. The van der Waals surface area contributed by atoms with Crippen molar-refractivity contribution >= 4 is 0 Å². The average molecular weight is 318 g/mol. The highest BCUT2D eigenvalue weighted by Gasteiger charge is 2.47. The van der Waals surface area contributed by atoms with Gasteiger partial charge < -0.3 is 14.2 Å². The zero-order chi connectivity index (χ0) is 16.3. The molecule has 3 rings (SSSR count). The minimum absolute atomic E-state index is 0.244. The van der Waals surface area contributed by atoms with Gasteiger partial charge in [0.25, 0.3) is 0 Å². The molecule has 3 nitrogen and oxygen atoms in total. The minimum atomic E-state index is 0.244. The monoisotopic (exact) mass is 318 g/mol. The number of benzene rings is 1. The molecule has 2 aliphatic rings. The van der Waals surface area contributed by atoms with Gasteiger partial charge in [-0.2, -0.15) is 0 Å². The van der Waals surface area contributed by atoms with Crippen LogP contribution in [0.4, 0.5) is 0 Å². The number of methoxy groups -OCH3 is 1. The Balaban J connectivity index is 1.61. The lowest BCUT2D eigenvalue weighted by Crippen LogP contribution is -2.46. The maximum absolute atomic E-state index is 5.98. The van der Waals surface area contributed by atoms with Crippen molar-refractivity contribution in [3.8, 4) is 5.75 Å². The molecule has 0 N–H and O–H groups in total. The quantitative estimate of drug-likeness (QED) is 0.691. The maximum atomic E-state index is 5.98. The zero-order valence-electron chi connectivity index (χ0n) is 14.8. The summed E-state index contributed by atoms with van der Waals surface area (Å²) in [6.45, 7) is 7.42. The fourth-order valence-corrected chi connectivity index (χ4v) is 4.03. The molecule has 0 saturated carbocycles. The molecule has 128 valence electrons. The van der Waals surface area contributed by atoms with Crippen LogP contribution in [0.15, 0.2) is 24.3 Å². The van der Waals surface area contributed by atoms with Crippen LogP contribution < -0.4 is 4.74 Å². The zero-order valence-corrected chi connectivity index (χ0v) is 14.8. The van der Waals surface area contributed by atoms with E-state index in [4.69, 9.17) is 14.2 Å². The van der Waals surface area contributed by atoms with E-state index in [1.807, 2.05) is 12.1 Å². The molecule has 0 aliphatic carbocycles. The van der Waals surface area contributed by atoms with Gasteiger partial charge in [0, 0.05) is 10.8 Å². The van der Waals surface area contributed by atoms with E-state index in [0.717, 1.165) is 25.6 Å². The first-order valence-electron chi connectivity index (χ1n) is 9.00. The van der Waals surface area contributed by atoms with Crippen molar-refractivity contribution in [3.05, 3.63) is 29.8 Å². The van der Waals surface area contributed by atoms with Crippen LogP contribution in [-0.4, -0.2) is 26.9 Å². The minimum Gasteiger partial charge on any atom is -0.497 e. The summed E-state index contributed by atoms with van der Waals surface area (Å²) in [5, 5.41) is 0. The predicted molar refractivity (Wildman–Crippen MR) is 91.8 cm³/mol. The lowest BCUT2D eigenvalue weighted by Gasteiger charge is -2.50. The summed E-state index contributed by atoms with van der Waals surface area (Å²) in [7, 11) is 1.71. The number of hydrogen-bond donors (Lipinski definition) is 0. The van der Waals surface area contributed by atoms with Crippen LogP contribution in [0, 0.1) is 10.8 Å². The van der Waals surface area contributed by atoms with Gasteiger partial charge in [-0.15, -0.1) is 0 Å². The van der Waals surface area contributed by atoms with Crippen molar-refractivity contribution in [1.82, 2.24) is 0 Å². The molecule has 0 amide bonds. The van der Waals surface area contributed by atoms with Gasteiger partial charge in [-0.25, -0.2) is 0 Å². The first kappa shape index (κ1) is 16.8. The van der Waals surface area contributed by atoms with Crippen LogP contribution in [0.1, 0.15) is 57.6 Å². The Hall–Kier alpha value is -1.06. The second-order valence-corrected chi connectivity index (χ2v) is 7.38. The molecule has 0 bridgehead atoms. The number of hydrogen-bond acceptors (Lipinski definition) is 3. The molecule has 2 unspecified atom stereocenters. The summed E-state index contributed by atoms with van der Waals surface area (Å²) in [4.78, 5) is 0. The molecule has 2 saturated heterocycles. The van der Waals surface area contributed by atoms with E-state index < -0.39 is 0 Å². The molecule has 0 aromatic heterocycles. The van der Waals surface area contributed by atoms with Crippen LogP contribution in [0.2, 0.25) is 0 Å². The van der Waals surface area contributed by atoms with Crippen molar-refractivity contribution < 1.29 is 14.2 Å². The van der Waals surface area contributed by atoms with Crippen molar-refractivity contribution in [3.63, 3.8) is 0 Å². The van der Waals surface area contributed by atoms with Gasteiger partial charge in [0.15, 0.2) is 0 Å². The van der Waals surface area contributed by atoms with E-state index in [0.29, 0.717) is 10.8 Å². The van der Waals surface area contributed by atoms with Crippen molar-refractivity contribution in [2.24, 2.45) is 10.8 Å². The summed E-state index contributed by atoms with van der Waals surface area (Å²) < 4.78 is 16.7. The largest absolute Gasteiger partial charge is 0.497 e. The standard InChI is InChI=1S/C20H30O3/c1-4-19(13-22-14-19)11-6-12-20(5-2)15-23-18(20)16-7-9-17(21-3)10-8-16/h7-10,18H,4-6,11-15H2,1-3H3. The lowest BCUT2D eigenvalue weighted by atomic mass is 9.68. The topological polar surface area (TPSA) is 27.7 Å². The molecule has 23 heavy (non-hydrogen) atoms. The third kappa shape index (κ3) is 3.14. The molecule has 1 aromatic carbocycles. The summed E-state index contributed by atoms with van der Waals surface area (Å²) >= 11 is 0. The third-order valence-electron chi connectivity index (χ3n) is 6.16. The molecule has 2 atom stereocenters. The highest BCUT2D eigenvalue weighted by molar-refractivity contribution is 5.30. The second-order valence-electron chi connectivity index (χ2n) is 7.38. The molecular formula is C20H30O3. The fourth-order valence-electron chi connectivity index (χ4n) is 4.03. The van der Waals surface area contributed by atoms with Crippen LogP contribution in [0.5, 0.6) is 5.75 Å². The van der Waals surface area contributed by atoms with Crippen LogP contribution in [-0.2, 0) is 9.47 Å². The molecule has 2 heterocycles. The van der Waals surface area contributed by atoms with E-state index in [9.17, 15) is 0 Å². The Labute approximate surface area is 140 Å². The Morgan fingerprint density at radius 2 is 1.78 bits per heavy atom. The van der Waals surface area contributed by atoms with Crippen molar-refractivity contribution in [1.29, 1.82) is 0 Å². The molecule has 0 spiro atoms. The van der Waals surface area contributed by atoms with Gasteiger partial charge in [-0.3, -0.25) is 0 Å². The first-order valence-corrected chi connectivity index (χ1v) is 9.00. The second kappa shape index (κ2) is 6.82. The molecular weight excluding hydrogens is 288 g/mol. The number of rotatable bonds is 8. The van der Waals surface area contributed by atoms with Gasteiger partial charge in [0.2, 0.25) is 0 Å². The normalized spacial score (nSPS) is 28.7. The van der Waals surface area contributed by atoms with Gasteiger partial charge in [-0.1, -0.05) is 32.4 Å². The van der Waals surface area contributed by atoms with E-state index in [-0.39, 0.29) is 6.10 Å². The molecule has 2 aliphatic heterocycles. The highest BCUT2D eigenvalue weighted by atomic mass is 16.5. The fraction of sp³-hybridized carbons (Fsp3) is 0.700. The Morgan fingerprint density at radius 3 is 2.22 bits per heavy atom. The summed E-state index contributed by atoms with van der Waals surface area (Å²) in [6.07, 6.45) is 6.49. The van der Waals surface area contributed by atoms with E-state index in [1.54, 1.807) is 7.11 Å². The molecule has 2 fully saturated rings. The number of ether oxygens (including phenoxy) is 3. The first-order chi connectivity index (χ1) is 11.2. The van der Waals surface area contributed by atoms with Crippen LogP contribution in [0.3, 0.4) is 0 Å². The summed E-state index contributed by atoms with van der Waals surface area (Å²) in [5.41, 5.74) is 2.07. The summed E-state index contributed by atoms with van der Waals surface area (Å²) in [6, 6.07) is 8.38. The van der Waals surface area contributed by atoms with Gasteiger partial charge in [-0.05, 0) is 43.4 Å². The SMILES string of the molecule is CCC1(CCCC2(CC)COC2c2ccc(OC)cc2)COC1. The third-order valence-corrected chi connectivity index (χ3v) is 6.16. The molecule has 0 radical (unpaired) electrons. The summed E-state index contributed by atoms with van der Waals surface area (Å²) in [5.74, 6) is 0.907.